The van der Waals surface area contributed by atoms with Gasteiger partial charge in [0.2, 0.25) is 0 Å². The summed E-state index contributed by atoms with van der Waals surface area (Å²) in [7, 11) is 0. The van der Waals surface area contributed by atoms with E-state index in [9.17, 15) is 14.9 Å². The summed E-state index contributed by atoms with van der Waals surface area (Å²) in [4.78, 5) is 21.7. The Labute approximate surface area is 118 Å². The highest BCUT2D eigenvalue weighted by atomic mass is 16.6. The maximum Gasteiger partial charge on any atom is 0.320 e. The summed E-state index contributed by atoms with van der Waals surface area (Å²) >= 11 is 0. The van der Waals surface area contributed by atoms with E-state index < -0.39 is 10.5 Å². The molecular formula is C14H20N2O4. The topological polar surface area (TPSA) is 81.5 Å². The largest absolute Gasteiger partial charge is 0.459 e. The van der Waals surface area contributed by atoms with Gasteiger partial charge >= 0.3 is 5.97 Å². The van der Waals surface area contributed by atoms with E-state index in [4.69, 9.17) is 4.74 Å². The molecule has 1 N–H and O–H groups in total. The van der Waals surface area contributed by atoms with Crippen molar-refractivity contribution in [1.29, 1.82) is 0 Å². The molecule has 1 atom stereocenters. The fourth-order valence-electron chi connectivity index (χ4n) is 1.62. The van der Waals surface area contributed by atoms with Crippen LogP contribution in [0.2, 0.25) is 0 Å². The standard InChI is InChI=1S/C14H20N2O4/c1-10(15-9-13(17)20-14(2,3)4)11-5-7-12(8-6-11)16(18)19/h5-8,10,15H,9H2,1-4H3. The molecule has 0 bridgehead atoms. The number of nitrogens with one attached hydrogen (secondary N) is 1. The van der Waals surface area contributed by atoms with Crippen LogP contribution in [-0.2, 0) is 9.53 Å². The van der Waals surface area contributed by atoms with Crippen molar-refractivity contribution in [3.8, 4) is 0 Å². The number of ether oxygens (including phenoxy) is 1. The number of nitro benzene ring substituents is 1. The molecule has 110 valence electrons. The monoisotopic (exact) mass is 280 g/mol. The summed E-state index contributed by atoms with van der Waals surface area (Å²) in [6.07, 6.45) is 0. The minimum Gasteiger partial charge on any atom is -0.459 e. The summed E-state index contributed by atoms with van der Waals surface area (Å²) in [5.41, 5.74) is 0.419. The van der Waals surface area contributed by atoms with Gasteiger partial charge in [0.05, 0.1) is 11.5 Å². The highest BCUT2D eigenvalue weighted by Crippen LogP contribution is 2.17. The molecule has 0 fully saturated rings. The summed E-state index contributed by atoms with van der Waals surface area (Å²) in [5.74, 6) is -0.328. The molecule has 1 aromatic rings. The van der Waals surface area contributed by atoms with Crippen molar-refractivity contribution in [1.82, 2.24) is 5.32 Å². The number of nitrogens with zero attached hydrogens (tertiary/aromatic N) is 1. The van der Waals surface area contributed by atoms with Crippen molar-refractivity contribution in [3.63, 3.8) is 0 Å². The molecule has 0 aliphatic heterocycles. The van der Waals surface area contributed by atoms with Crippen LogP contribution < -0.4 is 5.32 Å². The van der Waals surface area contributed by atoms with E-state index in [1.165, 1.54) is 12.1 Å². The Bertz CT molecular complexity index is 477. The van der Waals surface area contributed by atoms with Crippen LogP contribution in [0.4, 0.5) is 5.69 Å². The van der Waals surface area contributed by atoms with Gasteiger partial charge in [0.25, 0.3) is 5.69 Å². The van der Waals surface area contributed by atoms with Gasteiger partial charge < -0.3 is 10.1 Å². The first-order valence-electron chi connectivity index (χ1n) is 6.38. The van der Waals surface area contributed by atoms with Crippen molar-refractivity contribution in [2.75, 3.05) is 6.54 Å². The van der Waals surface area contributed by atoms with E-state index in [1.54, 1.807) is 12.1 Å². The second-order valence-electron chi connectivity index (χ2n) is 5.54. The van der Waals surface area contributed by atoms with Crippen molar-refractivity contribution in [2.45, 2.75) is 39.3 Å². The first-order valence-corrected chi connectivity index (χ1v) is 6.38. The number of carbonyl (C=O) groups is 1. The number of nitro groups is 1. The first-order chi connectivity index (χ1) is 9.19. The number of hydrogen-bond donors (Lipinski definition) is 1. The smallest absolute Gasteiger partial charge is 0.320 e. The van der Waals surface area contributed by atoms with Crippen LogP contribution in [0.25, 0.3) is 0 Å². The zero-order valence-corrected chi connectivity index (χ0v) is 12.2. The van der Waals surface area contributed by atoms with Gasteiger partial charge in [-0.15, -0.1) is 0 Å². The fraction of sp³-hybridized carbons (Fsp3) is 0.500. The molecule has 0 aliphatic carbocycles. The minimum absolute atomic E-state index is 0.0492. The number of esters is 1. The predicted molar refractivity (Wildman–Crippen MR) is 75.4 cm³/mol. The third-order valence-electron chi connectivity index (χ3n) is 2.58. The molecule has 0 aromatic heterocycles. The molecule has 6 heteroatoms. The van der Waals surface area contributed by atoms with Gasteiger partial charge in [0.15, 0.2) is 0 Å². The lowest BCUT2D eigenvalue weighted by Gasteiger charge is -2.20. The average molecular weight is 280 g/mol. The van der Waals surface area contributed by atoms with Gasteiger partial charge in [-0.1, -0.05) is 12.1 Å². The van der Waals surface area contributed by atoms with E-state index in [-0.39, 0.29) is 24.2 Å². The molecule has 1 aromatic carbocycles. The third-order valence-corrected chi connectivity index (χ3v) is 2.58. The van der Waals surface area contributed by atoms with Crippen LogP contribution in [-0.4, -0.2) is 23.0 Å². The van der Waals surface area contributed by atoms with Gasteiger partial charge in [-0.05, 0) is 33.3 Å². The average Bonchev–Trinajstić information content (AvgIpc) is 2.34. The van der Waals surface area contributed by atoms with Crippen LogP contribution in [0.15, 0.2) is 24.3 Å². The first kappa shape index (κ1) is 16.1. The molecule has 0 aliphatic rings. The van der Waals surface area contributed by atoms with E-state index >= 15 is 0 Å². The van der Waals surface area contributed by atoms with Gasteiger partial charge in [-0.3, -0.25) is 14.9 Å². The maximum atomic E-state index is 11.6. The molecule has 20 heavy (non-hydrogen) atoms. The molecular weight excluding hydrogens is 260 g/mol. The summed E-state index contributed by atoms with van der Waals surface area (Å²) < 4.78 is 5.18. The van der Waals surface area contributed by atoms with Crippen LogP contribution in [0, 0.1) is 10.1 Å². The fourth-order valence-corrected chi connectivity index (χ4v) is 1.62. The molecule has 1 rings (SSSR count). The molecule has 6 nitrogen and oxygen atoms in total. The van der Waals surface area contributed by atoms with Crippen molar-refractivity contribution in [2.24, 2.45) is 0 Å². The third kappa shape index (κ3) is 5.36. The second kappa shape index (κ2) is 6.47. The number of non-ortho nitro benzene ring substituents is 1. The molecule has 0 saturated heterocycles. The van der Waals surface area contributed by atoms with Gasteiger partial charge in [-0.25, -0.2) is 0 Å². The van der Waals surface area contributed by atoms with Crippen molar-refractivity contribution < 1.29 is 14.5 Å². The molecule has 0 amide bonds. The molecule has 0 radical (unpaired) electrons. The number of benzene rings is 1. The lowest BCUT2D eigenvalue weighted by molar-refractivity contribution is -0.384. The lowest BCUT2D eigenvalue weighted by atomic mass is 10.1. The van der Waals surface area contributed by atoms with Crippen molar-refractivity contribution >= 4 is 11.7 Å². The summed E-state index contributed by atoms with van der Waals surface area (Å²) in [6.45, 7) is 7.40. The SMILES string of the molecule is CC(NCC(=O)OC(C)(C)C)c1ccc([N+](=O)[O-])cc1. The Kier molecular flexibility index (Phi) is 5.21. The summed E-state index contributed by atoms with van der Waals surface area (Å²) in [5, 5.41) is 13.6. The van der Waals surface area contributed by atoms with Crippen LogP contribution in [0.3, 0.4) is 0 Å². The Hall–Kier alpha value is -1.95. The van der Waals surface area contributed by atoms with Crippen molar-refractivity contribution in [3.05, 3.63) is 39.9 Å². The Morgan fingerprint density at radius 2 is 1.90 bits per heavy atom. The van der Waals surface area contributed by atoms with E-state index in [0.29, 0.717) is 0 Å². The Balaban J connectivity index is 2.52. The van der Waals surface area contributed by atoms with Crippen LogP contribution >= 0.6 is 0 Å². The predicted octanol–water partition coefficient (Wildman–Crippen LogP) is 2.59. The van der Waals surface area contributed by atoms with Gasteiger partial charge in [0, 0.05) is 18.2 Å². The normalized spacial score (nSPS) is 12.8. The molecule has 0 heterocycles. The van der Waals surface area contributed by atoms with E-state index in [0.717, 1.165) is 5.56 Å². The van der Waals surface area contributed by atoms with E-state index in [1.807, 2.05) is 27.7 Å². The quantitative estimate of drug-likeness (QED) is 0.509. The number of carbonyl (C=O) groups excluding carboxylic acids is 1. The Morgan fingerprint density at radius 1 is 1.35 bits per heavy atom. The highest BCUT2D eigenvalue weighted by molar-refractivity contribution is 5.72. The molecule has 0 spiro atoms. The molecule has 1 unspecified atom stereocenters. The molecule has 0 saturated carbocycles. The maximum absolute atomic E-state index is 11.6. The highest BCUT2D eigenvalue weighted by Gasteiger charge is 2.17. The minimum atomic E-state index is -0.505. The van der Waals surface area contributed by atoms with Crippen LogP contribution in [0.5, 0.6) is 0 Å². The zero-order chi connectivity index (χ0) is 15.3. The number of hydrogen-bond acceptors (Lipinski definition) is 5. The summed E-state index contributed by atoms with van der Waals surface area (Å²) in [6, 6.07) is 6.14. The lowest BCUT2D eigenvalue weighted by Crippen LogP contribution is -2.32. The van der Waals surface area contributed by atoms with E-state index in [2.05, 4.69) is 5.32 Å². The van der Waals surface area contributed by atoms with Gasteiger partial charge in [-0.2, -0.15) is 0 Å². The van der Waals surface area contributed by atoms with Crippen LogP contribution in [0.1, 0.15) is 39.3 Å². The second-order valence-corrected chi connectivity index (χ2v) is 5.54. The Morgan fingerprint density at radius 3 is 2.35 bits per heavy atom. The van der Waals surface area contributed by atoms with Gasteiger partial charge in [0.1, 0.15) is 5.60 Å². The zero-order valence-electron chi connectivity index (χ0n) is 12.2. The number of rotatable bonds is 5.